The molecule has 0 N–H and O–H groups in total. The monoisotopic (exact) mass is 388 g/mol. The Labute approximate surface area is 164 Å². The van der Waals surface area contributed by atoms with Crippen LogP contribution in [0.15, 0.2) is 35.6 Å². The molecular weight excluding hydrogens is 364 g/mol. The average Bonchev–Trinajstić information content (AvgIpc) is 2.93. The van der Waals surface area contributed by atoms with Crippen molar-refractivity contribution in [3.8, 4) is 0 Å². The first-order valence-electron chi connectivity index (χ1n) is 9.63. The standard InChI is InChI=1S/C21H25ClN2O3/c1-23(2)11-12-24-18(13-7-9-14(22)10-8-13)17-19(25)15-5-3-4-6-16(15)27-20(17)21(24)26/h7-10,15-16,18H,3-6,11-12H2,1-2H3. The Kier molecular flexibility index (Phi) is 4.99. The molecule has 3 aliphatic rings. The fourth-order valence-electron chi connectivity index (χ4n) is 4.42. The third-order valence-corrected chi connectivity index (χ3v) is 6.08. The van der Waals surface area contributed by atoms with Gasteiger partial charge >= 0.3 is 0 Å². The van der Waals surface area contributed by atoms with Gasteiger partial charge in [0.05, 0.1) is 17.5 Å². The van der Waals surface area contributed by atoms with Crippen molar-refractivity contribution in [2.75, 3.05) is 27.2 Å². The Bertz CT molecular complexity index is 787. The van der Waals surface area contributed by atoms with E-state index in [-0.39, 0.29) is 35.5 Å². The van der Waals surface area contributed by atoms with Gasteiger partial charge < -0.3 is 14.5 Å². The van der Waals surface area contributed by atoms with Crippen molar-refractivity contribution >= 4 is 23.3 Å². The summed E-state index contributed by atoms with van der Waals surface area (Å²) in [6, 6.07) is 7.03. The van der Waals surface area contributed by atoms with E-state index in [0.29, 0.717) is 17.1 Å². The first-order valence-corrected chi connectivity index (χ1v) is 10.0. The topological polar surface area (TPSA) is 49.9 Å². The molecule has 0 spiro atoms. The summed E-state index contributed by atoms with van der Waals surface area (Å²) in [5.41, 5.74) is 1.45. The number of amides is 1. The highest BCUT2D eigenvalue weighted by atomic mass is 35.5. The van der Waals surface area contributed by atoms with Crippen LogP contribution >= 0.6 is 11.6 Å². The van der Waals surface area contributed by atoms with Crippen LogP contribution in [0, 0.1) is 5.92 Å². The van der Waals surface area contributed by atoms with Gasteiger partial charge in [0.25, 0.3) is 5.91 Å². The number of nitrogens with zero attached hydrogens (tertiary/aromatic N) is 2. The van der Waals surface area contributed by atoms with E-state index in [9.17, 15) is 9.59 Å². The molecule has 1 aromatic rings. The number of ether oxygens (including phenoxy) is 1. The lowest BCUT2D eigenvalue weighted by Gasteiger charge is -2.35. The summed E-state index contributed by atoms with van der Waals surface area (Å²) in [5.74, 6) is 0.0986. The molecule has 2 heterocycles. The molecular formula is C21H25ClN2O3. The van der Waals surface area contributed by atoms with Gasteiger partial charge in [0.1, 0.15) is 6.10 Å². The molecule has 1 aromatic carbocycles. The van der Waals surface area contributed by atoms with E-state index in [4.69, 9.17) is 16.3 Å². The molecule has 1 aliphatic carbocycles. The quantitative estimate of drug-likeness (QED) is 0.794. The minimum absolute atomic E-state index is 0.0987. The highest BCUT2D eigenvalue weighted by Gasteiger charge is 2.51. The van der Waals surface area contributed by atoms with Crippen LogP contribution in [0.4, 0.5) is 0 Å². The van der Waals surface area contributed by atoms with Crippen LogP contribution in [0.25, 0.3) is 0 Å². The molecule has 27 heavy (non-hydrogen) atoms. The molecule has 0 radical (unpaired) electrons. The zero-order chi connectivity index (χ0) is 19.1. The Morgan fingerprint density at radius 1 is 1.15 bits per heavy atom. The number of hydrogen-bond acceptors (Lipinski definition) is 4. The van der Waals surface area contributed by atoms with Gasteiger partial charge in [-0.3, -0.25) is 9.59 Å². The summed E-state index contributed by atoms with van der Waals surface area (Å²) in [6.07, 6.45) is 3.65. The number of rotatable bonds is 4. The van der Waals surface area contributed by atoms with Crippen LogP contribution in [-0.2, 0) is 14.3 Å². The molecule has 0 saturated heterocycles. The van der Waals surface area contributed by atoms with Gasteiger partial charge in [-0.25, -0.2) is 0 Å². The maximum atomic E-state index is 13.4. The molecule has 5 nitrogen and oxygen atoms in total. The number of carbonyl (C=O) groups excluding carboxylic acids is 2. The molecule has 2 aliphatic heterocycles. The van der Waals surface area contributed by atoms with Gasteiger partial charge in [-0.15, -0.1) is 0 Å². The van der Waals surface area contributed by atoms with E-state index >= 15 is 0 Å². The summed E-state index contributed by atoms with van der Waals surface area (Å²) in [5, 5.41) is 0.635. The maximum absolute atomic E-state index is 13.4. The number of carbonyl (C=O) groups is 2. The molecule has 1 amide bonds. The number of benzene rings is 1. The lowest BCUT2D eigenvalue weighted by molar-refractivity contribution is -0.135. The number of Topliss-reactive ketones (excluding diaryl/α,β-unsaturated/α-hetero) is 1. The molecule has 3 unspecified atom stereocenters. The van der Waals surface area contributed by atoms with Crippen LogP contribution in [-0.4, -0.2) is 54.8 Å². The van der Waals surface area contributed by atoms with Crippen LogP contribution < -0.4 is 0 Å². The zero-order valence-corrected chi connectivity index (χ0v) is 16.5. The molecule has 3 atom stereocenters. The minimum atomic E-state index is -0.389. The van der Waals surface area contributed by atoms with E-state index in [0.717, 1.165) is 37.8 Å². The molecule has 0 aromatic heterocycles. The first-order chi connectivity index (χ1) is 13.0. The minimum Gasteiger partial charge on any atom is -0.483 e. The van der Waals surface area contributed by atoms with E-state index in [2.05, 4.69) is 0 Å². The number of ketones is 1. The van der Waals surface area contributed by atoms with E-state index in [1.807, 2.05) is 43.3 Å². The fraction of sp³-hybridized carbons (Fsp3) is 0.524. The van der Waals surface area contributed by atoms with Crippen molar-refractivity contribution in [3.05, 3.63) is 46.2 Å². The number of fused-ring (bicyclic) bond motifs is 1. The smallest absolute Gasteiger partial charge is 0.290 e. The second-order valence-corrected chi connectivity index (χ2v) is 8.35. The lowest BCUT2D eigenvalue weighted by Crippen LogP contribution is -2.39. The van der Waals surface area contributed by atoms with Crippen molar-refractivity contribution in [2.45, 2.75) is 37.8 Å². The molecule has 144 valence electrons. The third kappa shape index (κ3) is 3.27. The van der Waals surface area contributed by atoms with Crippen molar-refractivity contribution in [1.82, 2.24) is 9.80 Å². The fourth-order valence-corrected chi connectivity index (χ4v) is 4.55. The summed E-state index contributed by atoms with van der Waals surface area (Å²) < 4.78 is 6.14. The highest BCUT2D eigenvalue weighted by Crippen LogP contribution is 2.46. The van der Waals surface area contributed by atoms with Crippen LogP contribution in [0.2, 0.25) is 5.02 Å². The normalized spacial score (nSPS) is 27.7. The van der Waals surface area contributed by atoms with Gasteiger partial charge in [-0.2, -0.15) is 0 Å². The molecule has 0 bridgehead atoms. The van der Waals surface area contributed by atoms with Crippen LogP contribution in [0.3, 0.4) is 0 Å². The Morgan fingerprint density at radius 3 is 2.56 bits per heavy atom. The number of halogens is 1. The first kappa shape index (κ1) is 18.5. The average molecular weight is 389 g/mol. The Hall–Kier alpha value is -1.85. The van der Waals surface area contributed by atoms with Gasteiger partial charge in [0.2, 0.25) is 0 Å². The summed E-state index contributed by atoms with van der Waals surface area (Å²) in [7, 11) is 3.95. The van der Waals surface area contributed by atoms with Gasteiger partial charge in [-0.1, -0.05) is 30.2 Å². The second-order valence-electron chi connectivity index (χ2n) is 7.91. The molecule has 1 saturated carbocycles. The van der Waals surface area contributed by atoms with Crippen molar-refractivity contribution < 1.29 is 14.3 Å². The second kappa shape index (κ2) is 7.28. The van der Waals surface area contributed by atoms with E-state index in [1.54, 1.807) is 4.90 Å². The van der Waals surface area contributed by atoms with Crippen molar-refractivity contribution in [2.24, 2.45) is 5.92 Å². The maximum Gasteiger partial charge on any atom is 0.290 e. The van der Waals surface area contributed by atoms with Crippen molar-refractivity contribution in [1.29, 1.82) is 0 Å². The van der Waals surface area contributed by atoms with E-state index in [1.165, 1.54) is 0 Å². The van der Waals surface area contributed by atoms with Crippen LogP contribution in [0.1, 0.15) is 37.3 Å². The van der Waals surface area contributed by atoms with Gasteiger partial charge in [0.15, 0.2) is 11.5 Å². The predicted octanol–water partition coefficient (Wildman–Crippen LogP) is 3.20. The van der Waals surface area contributed by atoms with Gasteiger partial charge in [0, 0.05) is 18.1 Å². The lowest BCUT2D eigenvalue weighted by atomic mass is 9.77. The zero-order valence-electron chi connectivity index (χ0n) is 15.8. The molecule has 6 heteroatoms. The highest BCUT2D eigenvalue weighted by molar-refractivity contribution is 6.30. The summed E-state index contributed by atoms with van der Waals surface area (Å²) >= 11 is 6.05. The summed E-state index contributed by atoms with van der Waals surface area (Å²) in [4.78, 5) is 30.4. The van der Waals surface area contributed by atoms with Crippen molar-refractivity contribution in [3.63, 3.8) is 0 Å². The number of hydrogen-bond donors (Lipinski definition) is 0. The van der Waals surface area contributed by atoms with Crippen LogP contribution in [0.5, 0.6) is 0 Å². The Morgan fingerprint density at radius 2 is 1.85 bits per heavy atom. The third-order valence-electron chi connectivity index (χ3n) is 5.83. The van der Waals surface area contributed by atoms with Gasteiger partial charge in [-0.05, 0) is 51.1 Å². The van der Waals surface area contributed by atoms with E-state index < -0.39 is 0 Å². The number of likely N-dealkylation sites (N-methyl/N-ethyl adjacent to an activating group) is 1. The molecule has 4 rings (SSSR count). The summed E-state index contributed by atoms with van der Waals surface area (Å²) in [6.45, 7) is 1.26. The SMILES string of the molecule is CN(C)CCN1C(=O)C2=C(C(=O)C3CCCCC3O2)C1c1ccc(Cl)cc1. The molecule has 1 fully saturated rings. The largest absolute Gasteiger partial charge is 0.483 e. The predicted molar refractivity (Wildman–Crippen MR) is 103 cm³/mol. The Balaban J connectivity index is 1.75.